The summed E-state index contributed by atoms with van der Waals surface area (Å²) in [6.45, 7) is 4.48. The second kappa shape index (κ2) is 7.62. The molecule has 1 saturated heterocycles. The van der Waals surface area contributed by atoms with Gasteiger partial charge in [-0.05, 0) is 43.0 Å². The van der Waals surface area contributed by atoms with Gasteiger partial charge in [0.05, 0.1) is 11.5 Å². The van der Waals surface area contributed by atoms with Crippen molar-refractivity contribution < 1.29 is 13.2 Å². The lowest BCUT2D eigenvalue weighted by Gasteiger charge is -2.29. The van der Waals surface area contributed by atoms with Crippen LogP contribution in [-0.2, 0) is 22.8 Å². The van der Waals surface area contributed by atoms with Gasteiger partial charge in [0, 0.05) is 18.2 Å². The van der Waals surface area contributed by atoms with E-state index in [9.17, 15) is 13.2 Å². The van der Waals surface area contributed by atoms with Crippen molar-refractivity contribution in [2.75, 3.05) is 11.5 Å². The van der Waals surface area contributed by atoms with Crippen molar-refractivity contribution in [3.63, 3.8) is 0 Å². The van der Waals surface area contributed by atoms with Crippen LogP contribution in [0.5, 0.6) is 0 Å². The summed E-state index contributed by atoms with van der Waals surface area (Å²) in [7, 11) is -3.06. The number of hydrogen-bond donors (Lipinski definition) is 0. The molecule has 0 bridgehead atoms. The van der Waals surface area contributed by atoms with Crippen LogP contribution in [0.2, 0.25) is 0 Å². The minimum atomic E-state index is -3.06. The standard InChI is InChI=1S/C21H25NO3S/c1-3-17-7-9-18(10-8-17)14-22(20-11-12-26(24,25)15-20)21(23)19-6-4-5-16(2)13-19/h4-10,13,20H,3,11-12,14-15H2,1-2H3/t20-/m0/s1. The van der Waals surface area contributed by atoms with Crippen LogP contribution in [0.3, 0.4) is 0 Å². The third kappa shape index (κ3) is 4.33. The molecule has 0 saturated carbocycles. The summed E-state index contributed by atoms with van der Waals surface area (Å²) < 4.78 is 23.9. The SMILES string of the molecule is CCc1ccc(CN(C(=O)c2cccc(C)c2)[C@H]2CCS(=O)(=O)C2)cc1. The van der Waals surface area contributed by atoms with Crippen LogP contribution in [0.4, 0.5) is 0 Å². The third-order valence-electron chi connectivity index (χ3n) is 4.96. The van der Waals surface area contributed by atoms with E-state index in [-0.39, 0.29) is 23.5 Å². The first-order valence-electron chi connectivity index (χ1n) is 9.04. The van der Waals surface area contributed by atoms with E-state index in [2.05, 4.69) is 19.1 Å². The number of hydrogen-bond acceptors (Lipinski definition) is 3. The minimum absolute atomic E-state index is 0.0532. The summed E-state index contributed by atoms with van der Waals surface area (Å²) in [4.78, 5) is 14.9. The van der Waals surface area contributed by atoms with Crippen molar-refractivity contribution in [1.29, 1.82) is 0 Å². The van der Waals surface area contributed by atoms with Gasteiger partial charge in [-0.25, -0.2) is 8.42 Å². The van der Waals surface area contributed by atoms with Crippen molar-refractivity contribution in [1.82, 2.24) is 4.90 Å². The average molecular weight is 372 g/mol. The molecule has 0 spiro atoms. The van der Waals surface area contributed by atoms with Crippen LogP contribution in [-0.4, -0.2) is 36.8 Å². The summed E-state index contributed by atoms with van der Waals surface area (Å²) in [5.74, 6) is 0.108. The van der Waals surface area contributed by atoms with Gasteiger partial charge < -0.3 is 4.90 Å². The maximum absolute atomic E-state index is 13.2. The van der Waals surface area contributed by atoms with E-state index in [4.69, 9.17) is 0 Å². The van der Waals surface area contributed by atoms with Crippen LogP contribution in [0.25, 0.3) is 0 Å². The number of amides is 1. The summed E-state index contributed by atoms with van der Waals surface area (Å²) in [5, 5.41) is 0. The van der Waals surface area contributed by atoms with E-state index in [0.29, 0.717) is 18.5 Å². The van der Waals surface area contributed by atoms with E-state index in [1.165, 1.54) is 5.56 Å². The molecule has 2 aromatic carbocycles. The van der Waals surface area contributed by atoms with Gasteiger partial charge in [0.25, 0.3) is 5.91 Å². The Morgan fingerprint density at radius 3 is 2.38 bits per heavy atom. The highest BCUT2D eigenvalue weighted by Gasteiger charge is 2.35. The van der Waals surface area contributed by atoms with Crippen molar-refractivity contribution in [3.05, 3.63) is 70.8 Å². The summed E-state index contributed by atoms with van der Waals surface area (Å²) in [6, 6.07) is 15.4. The molecule has 1 fully saturated rings. The number of nitrogens with zero attached hydrogens (tertiary/aromatic N) is 1. The van der Waals surface area contributed by atoms with Crippen molar-refractivity contribution in [3.8, 4) is 0 Å². The van der Waals surface area contributed by atoms with Crippen molar-refractivity contribution in [2.24, 2.45) is 0 Å². The Balaban J connectivity index is 1.89. The number of carbonyl (C=O) groups is 1. The third-order valence-corrected chi connectivity index (χ3v) is 6.71. The van der Waals surface area contributed by atoms with Crippen LogP contribution < -0.4 is 0 Å². The molecule has 4 nitrogen and oxygen atoms in total. The van der Waals surface area contributed by atoms with Crippen LogP contribution in [0, 0.1) is 6.92 Å². The minimum Gasteiger partial charge on any atom is -0.330 e. The smallest absolute Gasteiger partial charge is 0.254 e. The monoisotopic (exact) mass is 371 g/mol. The van der Waals surface area contributed by atoms with Crippen molar-refractivity contribution >= 4 is 15.7 Å². The zero-order valence-corrected chi connectivity index (χ0v) is 16.1. The molecule has 1 atom stereocenters. The molecule has 3 rings (SSSR count). The first-order valence-corrected chi connectivity index (χ1v) is 10.9. The van der Waals surface area contributed by atoms with Gasteiger partial charge in [-0.2, -0.15) is 0 Å². The van der Waals surface area contributed by atoms with Crippen LogP contribution in [0.1, 0.15) is 40.4 Å². The van der Waals surface area contributed by atoms with Gasteiger partial charge in [-0.3, -0.25) is 4.79 Å². The Labute approximate surface area is 155 Å². The molecule has 1 aliphatic heterocycles. The molecule has 2 aromatic rings. The molecule has 0 N–H and O–H groups in total. The maximum Gasteiger partial charge on any atom is 0.254 e. The quantitative estimate of drug-likeness (QED) is 0.810. The second-order valence-corrected chi connectivity index (χ2v) is 9.26. The highest BCUT2D eigenvalue weighted by Crippen LogP contribution is 2.23. The van der Waals surface area contributed by atoms with Gasteiger partial charge in [-0.15, -0.1) is 0 Å². The Morgan fingerprint density at radius 1 is 1.12 bits per heavy atom. The molecule has 5 heteroatoms. The summed E-state index contributed by atoms with van der Waals surface area (Å²) >= 11 is 0. The largest absolute Gasteiger partial charge is 0.330 e. The van der Waals surface area contributed by atoms with Crippen LogP contribution >= 0.6 is 0 Å². The maximum atomic E-state index is 13.2. The molecule has 1 heterocycles. The summed E-state index contributed by atoms with van der Waals surface area (Å²) in [6.07, 6.45) is 1.47. The Kier molecular flexibility index (Phi) is 5.47. The van der Waals surface area contributed by atoms with Crippen LogP contribution in [0.15, 0.2) is 48.5 Å². The first kappa shape index (κ1) is 18.6. The number of carbonyl (C=O) groups excluding carboxylic acids is 1. The van der Waals surface area contributed by atoms with Gasteiger partial charge in [-0.1, -0.05) is 48.9 Å². The predicted molar refractivity (Wildman–Crippen MR) is 104 cm³/mol. The normalized spacial score (nSPS) is 18.6. The molecule has 0 unspecified atom stereocenters. The fourth-order valence-corrected chi connectivity index (χ4v) is 5.14. The summed E-state index contributed by atoms with van der Waals surface area (Å²) in [5.41, 5.74) is 3.89. The lowest BCUT2D eigenvalue weighted by molar-refractivity contribution is 0.0681. The van der Waals surface area contributed by atoms with Gasteiger partial charge in [0.2, 0.25) is 0 Å². The molecule has 26 heavy (non-hydrogen) atoms. The predicted octanol–water partition coefficient (Wildman–Crippen LogP) is 3.39. The number of aryl methyl sites for hydroxylation is 2. The van der Waals surface area contributed by atoms with E-state index < -0.39 is 9.84 Å². The topological polar surface area (TPSA) is 54.5 Å². The highest BCUT2D eigenvalue weighted by molar-refractivity contribution is 7.91. The lowest BCUT2D eigenvalue weighted by Crippen LogP contribution is -2.40. The van der Waals surface area contributed by atoms with Gasteiger partial charge >= 0.3 is 0 Å². The number of sulfone groups is 1. The fourth-order valence-electron chi connectivity index (χ4n) is 3.41. The zero-order valence-electron chi connectivity index (χ0n) is 15.3. The Hall–Kier alpha value is -2.14. The number of rotatable bonds is 5. The molecule has 0 radical (unpaired) electrons. The van der Waals surface area contributed by atoms with E-state index in [0.717, 1.165) is 17.5 Å². The van der Waals surface area contributed by atoms with E-state index >= 15 is 0 Å². The highest BCUT2D eigenvalue weighted by atomic mass is 32.2. The average Bonchev–Trinajstić information content (AvgIpc) is 2.99. The molecule has 0 aromatic heterocycles. The molecule has 1 aliphatic rings. The van der Waals surface area contributed by atoms with E-state index in [1.807, 2.05) is 37.3 Å². The molecular weight excluding hydrogens is 346 g/mol. The first-order chi connectivity index (χ1) is 12.4. The molecule has 0 aliphatic carbocycles. The Morgan fingerprint density at radius 2 is 1.81 bits per heavy atom. The lowest BCUT2D eigenvalue weighted by atomic mass is 10.1. The second-order valence-electron chi connectivity index (χ2n) is 7.03. The zero-order chi connectivity index (χ0) is 18.7. The molecule has 1 amide bonds. The Bertz CT molecular complexity index is 888. The van der Waals surface area contributed by atoms with Gasteiger partial charge in [0.1, 0.15) is 0 Å². The fraction of sp³-hybridized carbons (Fsp3) is 0.381. The molecular formula is C21H25NO3S. The number of benzene rings is 2. The van der Waals surface area contributed by atoms with Crippen molar-refractivity contribution in [2.45, 2.75) is 39.3 Å². The van der Waals surface area contributed by atoms with Gasteiger partial charge in [0.15, 0.2) is 9.84 Å². The van der Waals surface area contributed by atoms with E-state index in [1.54, 1.807) is 11.0 Å². The molecule has 138 valence electrons.